The van der Waals surface area contributed by atoms with Crippen molar-refractivity contribution in [2.75, 3.05) is 19.8 Å². The van der Waals surface area contributed by atoms with Crippen molar-refractivity contribution in [3.05, 3.63) is 23.7 Å². The summed E-state index contributed by atoms with van der Waals surface area (Å²) in [5.41, 5.74) is 5.39. The van der Waals surface area contributed by atoms with Gasteiger partial charge in [0, 0.05) is 19.1 Å². The number of amides is 1. The number of hydrogen-bond donors (Lipinski definition) is 2. The van der Waals surface area contributed by atoms with E-state index in [1.165, 1.54) is 0 Å². The van der Waals surface area contributed by atoms with E-state index < -0.39 is 0 Å². The Morgan fingerprint density at radius 1 is 1.56 bits per heavy atom. The summed E-state index contributed by atoms with van der Waals surface area (Å²) < 4.78 is 10.5. The lowest BCUT2D eigenvalue weighted by molar-refractivity contribution is 0.0915. The van der Waals surface area contributed by atoms with Gasteiger partial charge >= 0.3 is 0 Å². The summed E-state index contributed by atoms with van der Waals surface area (Å²) in [5.74, 6) is 1.17. The van der Waals surface area contributed by atoms with Crippen LogP contribution in [0.25, 0.3) is 0 Å². The van der Waals surface area contributed by atoms with Crippen molar-refractivity contribution in [3.8, 4) is 0 Å². The van der Waals surface area contributed by atoms with Gasteiger partial charge in [-0.25, -0.2) is 0 Å². The second kappa shape index (κ2) is 5.14. The molecule has 1 aliphatic rings. The van der Waals surface area contributed by atoms with E-state index in [1.807, 2.05) is 0 Å². The van der Waals surface area contributed by atoms with Gasteiger partial charge in [0.25, 0.3) is 5.91 Å². The maximum absolute atomic E-state index is 11.6. The number of carbonyl (C=O) groups excluding carboxylic acids is 1. The molecule has 3 N–H and O–H groups in total. The third kappa shape index (κ3) is 2.62. The van der Waals surface area contributed by atoms with E-state index >= 15 is 0 Å². The third-order valence-corrected chi connectivity index (χ3v) is 2.66. The zero-order valence-corrected chi connectivity index (χ0v) is 9.07. The predicted octanol–water partition coefficient (Wildman–Crippen LogP) is 0.505. The minimum absolute atomic E-state index is 0.188. The molecular formula is C11H16N2O3. The van der Waals surface area contributed by atoms with Gasteiger partial charge in [-0.15, -0.1) is 0 Å². The molecule has 2 heterocycles. The molecule has 0 aliphatic carbocycles. The van der Waals surface area contributed by atoms with E-state index in [2.05, 4.69) is 5.32 Å². The van der Waals surface area contributed by atoms with Crippen LogP contribution in [-0.2, 0) is 11.3 Å². The molecule has 88 valence electrons. The molecule has 1 aliphatic heterocycles. The number of rotatable bonds is 4. The average molecular weight is 224 g/mol. The van der Waals surface area contributed by atoms with E-state index in [-0.39, 0.29) is 5.91 Å². The van der Waals surface area contributed by atoms with Gasteiger partial charge in [0.15, 0.2) is 5.76 Å². The van der Waals surface area contributed by atoms with Crippen LogP contribution in [0.15, 0.2) is 16.5 Å². The molecule has 2 rings (SSSR count). The zero-order valence-electron chi connectivity index (χ0n) is 9.07. The van der Waals surface area contributed by atoms with Crippen molar-refractivity contribution in [1.82, 2.24) is 5.32 Å². The highest BCUT2D eigenvalue weighted by molar-refractivity contribution is 5.91. The number of ether oxygens (including phenoxy) is 1. The second-order valence-electron chi connectivity index (χ2n) is 3.91. The van der Waals surface area contributed by atoms with Crippen LogP contribution in [0.5, 0.6) is 0 Å². The fraction of sp³-hybridized carbons (Fsp3) is 0.545. The fourth-order valence-electron chi connectivity index (χ4n) is 1.68. The van der Waals surface area contributed by atoms with Gasteiger partial charge < -0.3 is 20.2 Å². The number of nitrogens with two attached hydrogens (primary N) is 1. The Hall–Kier alpha value is -1.33. The Bertz CT molecular complexity index is 356. The topological polar surface area (TPSA) is 77.5 Å². The maximum Gasteiger partial charge on any atom is 0.287 e. The van der Waals surface area contributed by atoms with Crippen molar-refractivity contribution in [1.29, 1.82) is 0 Å². The van der Waals surface area contributed by atoms with Gasteiger partial charge in [-0.05, 0) is 18.6 Å². The number of hydrogen-bond acceptors (Lipinski definition) is 4. The first-order chi connectivity index (χ1) is 7.79. The molecule has 1 fully saturated rings. The molecule has 5 heteroatoms. The molecule has 1 amide bonds. The van der Waals surface area contributed by atoms with E-state index in [0.717, 1.165) is 19.6 Å². The minimum Gasteiger partial charge on any atom is -0.455 e. The normalized spacial score (nSPS) is 19.9. The highest BCUT2D eigenvalue weighted by atomic mass is 16.5. The molecule has 1 saturated heterocycles. The lowest BCUT2D eigenvalue weighted by atomic mass is 10.1. The Morgan fingerprint density at radius 3 is 3.06 bits per heavy atom. The van der Waals surface area contributed by atoms with Crippen LogP contribution < -0.4 is 11.1 Å². The zero-order chi connectivity index (χ0) is 11.4. The summed E-state index contributed by atoms with van der Waals surface area (Å²) >= 11 is 0. The summed E-state index contributed by atoms with van der Waals surface area (Å²) in [5, 5.41) is 2.82. The van der Waals surface area contributed by atoms with E-state index in [0.29, 0.717) is 30.5 Å². The summed E-state index contributed by atoms with van der Waals surface area (Å²) in [7, 11) is 0. The quantitative estimate of drug-likeness (QED) is 0.781. The standard InChI is InChI=1S/C11H16N2O3/c12-5-9-1-2-10(16-9)11(14)13-6-8-3-4-15-7-8/h1-2,8H,3-7,12H2,(H,13,14). The van der Waals surface area contributed by atoms with Crippen LogP contribution in [0.1, 0.15) is 22.7 Å². The Kier molecular flexibility index (Phi) is 3.58. The van der Waals surface area contributed by atoms with Crippen LogP contribution >= 0.6 is 0 Å². The lowest BCUT2D eigenvalue weighted by Crippen LogP contribution is -2.29. The highest BCUT2D eigenvalue weighted by Gasteiger charge is 2.17. The summed E-state index contributed by atoms with van der Waals surface area (Å²) in [6.45, 7) is 2.46. The number of nitrogens with one attached hydrogen (secondary N) is 1. The van der Waals surface area contributed by atoms with E-state index in [1.54, 1.807) is 12.1 Å². The van der Waals surface area contributed by atoms with Crippen molar-refractivity contribution >= 4 is 5.91 Å². The van der Waals surface area contributed by atoms with Crippen molar-refractivity contribution in [3.63, 3.8) is 0 Å². The first kappa shape index (κ1) is 11.2. The third-order valence-electron chi connectivity index (χ3n) is 2.66. The van der Waals surface area contributed by atoms with Gasteiger partial charge in [-0.1, -0.05) is 0 Å². The lowest BCUT2D eigenvalue weighted by Gasteiger charge is -2.07. The average Bonchev–Trinajstić information content (AvgIpc) is 2.96. The van der Waals surface area contributed by atoms with Crippen molar-refractivity contribution in [2.24, 2.45) is 11.7 Å². The molecule has 16 heavy (non-hydrogen) atoms. The summed E-state index contributed by atoms with van der Waals surface area (Å²) in [6, 6.07) is 3.36. The van der Waals surface area contributed by atoms with Crippen molar-refractivity contribution in [2.45, 2.75) is 13.0 Å². The largest absolute Gasteiger partial charge is 0.455 e. The Labute approximate surface area is 93.9 Å². The van der Waals surface area contributed by atoms with Crippen LogP contribution in [0.2, 0.25) is 0 Å². The molecule has 0 spiro atoms. The van der Waals surface area contributed by atoms with Crippen LogP contribution in [-0.4, -0.2) is 25.7 Å². The van der Waals surface area contributed by atoms with Gasteiger partial charge in [-0.2, -0.15) is 0 Å². The van der Waals surface area contributed by atoms with Crippen LogP contribution in [0.3, 0.4) is 0 Å². The fourth-order valence-corrected chi connectivity index (χ4v) is 1.68. The SMILES string of the molecule is NCc1ccc(C(=O)NCC2CCOC2)o1. The second-order valence-corrected chi connectivity index (χ2v) is 3.91. The van der Waals surface area contributed by atoms with Gasteiger partial charge in [0.2, 0.25) is 0 Å². The molecule has 0 aromatic carbocycles. The summed E-state index contributed by atoms with van der Waals surface area (Å²) in [6.07, 6.45) is 1.01. The monoisotopic (exact) mass is 224 g/mol. The first-order valence-corrected chi connectivity index (χ1v) is 5.44. The molecular weight excluding hydrogens is 208 g/mol. The molecule has 0 saturated carbocycles. The molecule has 1 aromatic rings. The smallest absolute Gasteiger partial charge is 0.287 e. The van der Waals surface area contributed by atoms with Gasteiger partial charge in [0.1, 0.15) is 5.76 Å². The van der Waals surface area contributed by atoms with E-state index in [4.69, 9.17) is 14.9 Å². The maximum atomic E-state index is 11.6. The molecule has 0 radical (unpaired) electrons. The molecule has 1 atom stereocenters. The van der Waals surface area contributed by atoms with Crippen LogP contribution in [0.4, 0.5) is 0 Å². The number of furan rings is 1. The van der Waals surface area contributed by atoms with Gasteiger partial charge in [-0.3, -0.25) is 4.79 Å². The molecule has 1 unspecified atom stereocenters. The first-order valence-electron chi connectivity index (χ1n) is 5.44. The van der Waals surface area contributed by atoms with E-state index in [9.17, 15) is 4.79 Å². The number of carbonyl (C=O) groups is 1. The summed E-state index contributed by atoms with van der Waals surface area (Å²) in [4.78, 5) is 11.6. The Morgan fingerprint density at radius 2 is 2.44 bits per heavy atom. The minimum atomic E-state index is -0.188. The van der Waals surface area contributed by atoms with Crippen LogP contribution in [0, 0.1) is 5.92 Å². The molecule has 1 aromatic heterocycles. The molecule has 0 bridgehead atoms. The van der Waals surface area contributed by atoms with Crippen molar-refractivity contribution < 1.29 is 13.9 Å². The predicted molar refractivity (Wildman–Crippen MR) is 57.9 cm³/mol. The highest BCUT2D eigenvalue weighted by Crippen LogP contribution is 2.11. The Balaban J connectivity index is 1.82. The van der Waals surface area contributed by atoms with Gasteiger partial charge in [0.05, 0.1) is 13.2 Å². The molecule has 5 nitrogen and oxygen atoms in total.